The zero-order valence-electron chi connectivity index (χ0n) is 8.81. The van der Waals surface area contributed by atoms with E-state index in [4.69, 9.17) is 5.73 Å². The van der Waals surface area contributed by atoms with Crippen LogP contribution in [0.3, 0.4) is 0 Å². The number of carbonyl (C=O) groups excluding carboxylic acids is 1. The third kappa shape index (κ3) is 3.04. The second-order valence-corrected chi connectivity index (χ2v) is 5.18. The maximum Gasteiger partial charge on any atom is 0.251 e. The highest BCUT2D eigenvalue weighted by atomic mass is 79.9. The zero-order chi connectivity index (χ0) is 12.3. The van der Waals surface area contributed by atoms with Gasteiger partial charge in [0.2, 0.25) is 0 Å². The molecule has 1 aromatic carbocycles. The topological polar surface area (TPSA) is 68.0 Å². The first-order chi connectivity index (χ1) is 8.16. The lowest BCUT2D eigenvalue weighted by Crippen LogP contribution is -2.22. The number of aromatic nitrogens is 1. The minimum atomic E-state index is -0.153. The van der Waals surface area contributed by atoms with Crippen LogP contribution in [0.5, 0.6) is 0 Å². The molecule has 0 saturated heterocycles. The van der Waals surface area contributed by atoms with Crippen molar-refractivity contribution in [3.63, 3.8) is 0 Å². The number of benzene rings is 1. The molecule has 2 rings (SSSR count). The van der Waals surface area contributed by atoms with E-state index in [9.17, 15) is 4.79 Å². The number of halogens is 1. The lowest BCUT2D eigenvalue weighted by molar-refractivity contribution is 0.0951. The van der Waals surface area contributed by atoms with Crippen LogP contribution in [0.15, 0.2) is 34.2 Å². The standard InChI is InChI=1S/C11H10BrN3OS/c12-8-2-1-7(5-9(8)13)11(16)15-6-10-14-3-4-17-10/h1-5H,6,13H2,(H,15,16). The smallest absolute Gasteiger partial charge is 0.251 e. The Hall–Kier alpha value is -1.40. The van der Waals surface area contributed by atoms with Gasteiger partial charge in [-0.3, -0.25) is 4.79 Å². The van der Waals surface area contributed by atoms with Crippen molar-refractivity contribution in [1.29, 1.82) is 0 Å². The number of nitrogens with one attached hydrogen (secondary N) is 1. The molecule has 0 unspecified atom stereocenters. The molecular weight excluding hydrogens is 302 g/mol. The third-order valence-electron chi connectivity index (χ3n) is 2.14. The summed E-state index contributed by atoms with van der Waals surface area (Å²) in [7, 11) is 0. The molecule has 17 heavy (non-hydrogen) atoms. The van der Waals surface area contributed by atoms with Crippen molar-refractivity contribution in [3.8, 4) is 0 Å². The fraction of sp³-hybridized carbons (Fsp3) is 0.0909. The van der Waals surface area contributed by atoms with Gasteiger partial charge in [-0.1, -0.05) is 0 Å². The Labute approximate surface area is 111 Å². The van der Waals surface area contributed by atoms with Gasteiger partial charge in [0.05, 0.1) is 6.54 Å². The number of hydrogen-bond donors (Lipinski definition) is 2. The second-order valence-electron chi connectivity index (χ2n) is 3.34. The number of anilines is 1. The predicted molar refractivity (Wildman–Crippen MR) is 71.8 cm³/mol. The zero-order valence-corrected chi connectivity index (χ0v) is 11.2. The van der Waals surface area contributed by atoms with Gasteiger partial charge < -0.3 is 11.1 Å². The Morgan fingerprint density at radius 3 is 3.00 bits per heavy atom. The summed E-state index contributed by atoms with van der Waals surface area (Å²) in [5, 5.41) is 5.54. The fourth-order valence-corrected chi connectivity index (χ4v) is 2.09. The average molecular weight is 312 g/mol. The van der Waals surface area contributed by atoms with E-state index in [-0.39, 0.29) is 5.91 Å². The molecule has 0 bridgehead atoms. The molecule has 0 saturated carbocycles. The van der Waals surface area contributed by atoms with Gasteiger partial charge in [-0.15, -0.1) is 11.3 Å². The summed E-state index contributed by atoms with van der Waals surface area (Å²) >= 11 is 4.79. The van der Waals surface area contributed by atoms with E-state index >= 15 is 0 Å². The normalized spacial score (nSPS) is 10.2. The Kier molecular flexibility index (Phi) is 3.75. The number of amides is 1. The number of thiazole rings is 1. The molecule has 0 aliphatic carbocycles. The summed E-state index contributed by atoms with van der Waals surface area (Å²) in [6, 6.07) is 5.12. The average Bonchev–Trinajstić information content (AvgIpc) is 2.82. The quantitative estimate of drug-likeness (QED) is 0.855. The van der Waals surface area contributed by atoms with Crippen LogP contribution in [0, 0.1) is 0 Å². The summed E-state index contributed by atoms with van der Waals surface area (Å²) in [5.74, 6) is -0.153. The molecule has 88 valence electrons. The minimum absolute atomic E-state index is 0.153. The van der Waals surface area contributed by atoms with Crippen molar-refractivity contribution in [2.45, 2.75) is 6.54 Å². The molecule has 6 heteroatoms. The highest BCUT2D eigenvalue weighted by Crippen LogP contribution is 2.20. The fourth-order valence-electron chi connectivity index (χ4n) is 1.28. The maximum atomic E-state index is 11.8. The van der Waals surface area contributed by atoms with Gasteiger partial charge in [0.25, 0.3) is 5.91 Å². The van der Waals surface area contributed by atoms with Gasteiger partial charge in [-0.25, -0.2) is 4.98 Å². The molecular formula is C11H10BrN3OS. The summed E-state index contributed by atoms with van der Waals surface area (Å²) in [6.45, 7) is 0.437. The van der Waals surface area contributed by atoms with Crippen LogP contribution in [-0.2, 0) is 6.54 Å². The molecule has 2 aromatic rings. The number of rotatable bonds is 3. The molecule has 1 amide bonds. The molecule has 0 spiro atoms. The Morgan fingerprint density at radius 1 is 1.53 bits per heavy atom. The summed E-state index contributed by atoms with van der Waals surface area (Å²) in [5.41, 5.74) is 6.80. The summed E-state index contributed by atoms with van der Waals surface area (Å²) in [4.78, 5) is 15.9. The lowest BCUT2D eigenvalue weighted by Gasteiger charge is -2.05. The van der Waals surface area contributed by atoms with E-state index in [0.717, 1.165) is 9.48 Å². The highest BCUT2D eigenvalue weighted by Gasteiger charge is 2.07. The van der Waals surface area contributed by atoms with E-state index in [2.05, 4.69) is 26.2 Å². The van der Waals surface area contributed by atoms with Crippen LogP contribution in [0.4, 0.5) is 5.69 Å². The third-order valence-corrected chi connectivity index (χ3v) is 3.64. The lowest BCUT2D eigenvalue weighted by atomic mass is 10.2. The van der Waals surface area contributed by atoms with Gasteiger partial charge in [0.1, 0.15) is 5.01 Å². The molecule has 0 atom stereocenters. The maximum absolute atomic E-state index is 11.8. The van der Waals surface area contributed by atoms with Gasteiger partial charge >= 0.3 is 0 Å². The molecule has 1 heterocycles. The Morgan fingerprint density at radius 2 is 2.35 bits per heavy atom. The number of nitrogen functional groups attached to an aromatic ring is 1. The van der Waals surface area contributed by atoms with E-state index in [0.29, 0.717) is 17.8 Å². The molecule has 0 fully saturated rings. The molecule has 3 N–H and O–H groups in total. The summed E-state index contributed by atoms with van der Waals surface area (Å²) in [6.07, 6.45) is 1.71. The van der Waals surface area contributed by atoms with Crippen LogP contribution in [0.1, 0.15) is 15.4 Å². The molecule has 1 aromatic heterocycles. The van der Waals surface area contributed by atoms with E-state index in [1.807, 2.05) is 5.38 Å². The SMILES string of the molecule is Nc1cc(C(=O)NCc2nccs2)ccc1Br. The predicted octanol–water partition coefficient (Wildman–Crippen LogP) is 2.42. The Balaban J connectivity index is 2.02. The number of hydrogen-bond acceptors (Lipinski definition) is 4. The molecule has 0 aliphatic rings. The van der Waals surface area contributed by atoms with Gasteiger partial charge in [-0.05, 0) is 34.1 Å². The summed E-state index contributed by atoms with van der Waals surface area (Å²) < 4.78 is 0.786. The second kappa shape index (κ2) is 5.29. The van der Waals surface area contributed by atoms with Crippen molar-refractivity contribution >= 4 is 38.9 Å². The van der Waals surface area contributed by atoms with Crippen molar-refractivity contribution in [2.24, 2.45) is 0 Å². The van der Waals surface area contributed by atoms with Crippen LogP contribution < -0.4 is 11.1 Å². The van der Waals surface area contributed by atoms with E-state index in [1.54, 1.807) is 24.4 Å². The largest absolute Gasteiger partial charge is 0.398 e. The van der Waals surface area contributed by atoms with Crippen LogP contribution in [0.25, 0.3) is 0 Å². The van der Waals surface area contributed by atoms with Crippen molar-refractivity contribution < 1.29 is 4.79 Å². The van der Waals surface area contributed by atoms with Crippen molar-refractivity contribution in [3.05, 3.63) is 44.8 Å². The number of carbonyl (C=O) groups is 1. The van der Waals surface area contributed by atoms with Crippen molar-refractivity contribution in [2.75, 3.05) is 5.73 Å². The van der Waals surface area contributed by atoms with Crippen LogP contribution in [0.2, 0.25) is 0 Å². The first-order valence-electron chi connectivity index (χ1n) is 4.88. The highest BCUT2D eigenvalue weighted by molar-refractivity contribution is 9.10. The minimum Gasteiger partial charge on any atom is -0.398 e. The van der Waals surface area contributed by atoms with E-state index < -0.39 is 0 Å². The molecule has 0 radical (unpaired) electrons. The van der Waals surface area contributed by atoms with Gasteiger partial charge in [0.15, 0.2) is 0 Å². The Bertz CT molecular complexity index is 528. The van der Waals surface area contributed by atoms with Gasteiger partial charge in [0, 0.05) is 27.3 Å². The number of nitrogens with two attached hydrogens (primary N) is 1. The monoisotopic (exact) mass is 311 g/mol. The van der Waals surface area contributed by atoms with Crippen molar-refractivity contribution in [1.82, 2.24) is 10.3 Å². The molecule has 4 nitrogen and oxygen atoms in total. The van der Waals surface area contributed by atoms with E-state index in [1.165, 1.54) is 11.3 Å². The first kappa shape index (κ1) is 12.1. The van der Waals surface area contributed by atoms with Gasteiger partial charge in [-0.2, -0.15) is 0 Å². The molecule has 0 aliphatic heterocycles. The first-order valence-corrected chi connectivity index (χ1v) is 6.55. The number of nitrogens with zero attached hydrogens (tertiary/aromatic N) is 1. The van der Waals surface area contributed by atoms with Crippen LogP contribution >= 0.6 is 27.3 Å². The van der Waals surface area contributed by atoms with Crippen LogP contribution in [-0.4, -0.2) is 10.9 Å².